The van der Waals surface area contributed by atoms with Crippen LogP contribution < -0.4 is 19.9 Å². The lowest BCUT2D eigenvalue weighted by molar-refractivity contribution is 0.167. The van der Waals surface area contributed by atoms with Crippen LogP contribution in [-0.2, 0) is 6.54 Å². The summed E-state index contributed by atoms with van der Waals surface area (Å²) < 4.78 is 29.3. The SMILES string of the molecule is COc1cc2c(c(CN)c1F)OCCO2. The number of hydrogen-bond donors (Lipinski definition) is 1. The highest BCUT2D eigenvalue weighted by Crippen LogP contribution is 2.39. The molecule has 1 heterocycles. The fourth-order valence-electron chi connectivity index (χ4n) is 1.54. The average Bonchev–Trinajstić information content (AvgIpc) is 2.28. The molecule has 0 spiro atoms. The fraction of sp³-hybridized carbons (Fsp3) is 0.400. The molecule has 82 valence electrons. The van der Waals surface area contributed by atoms with Crippen LogP contribution in [0.15, 0.2) is 6.07 Å². The van der Waals surface area contributed by atoms with Crippen LogP contribution in [0.4, 0.5) is 4.39 Å². The Morgan fingerprint density at radius 1 is 1.47 bits per heavy atom. The van der Waals surface area contributed by atoms with Crippen molar-refractivity contribution in [2.75, 3.05) is 20.3 Å². The van der Waals surface area contributed by atoms with Gasteiger partial charge in [-0.25, -0.2) is 4.39 Å². The third kappa shape index (κ3) is 1.59. The Labute approximate surface area is 86.7 Å². The second-order valence-electron chi connectivity index (χ2n) is 3.10. The zero-order chi connectivity index (χ0) is 10.8. The monoisotopic (exact) mass is 213 g/mol. The van der Waals surface area contributed by atoms with E-state index in [1.54, 1.807) is 0 Å². The standard InChI is InChI=1S/C10H12FNO3/c1-13-7-4-8-10(15-3-2-14-8)6(5-12)9(7)11/h4H,2-3,5,12H2,1H3. The normalized spacial score (nSPS) is 13.8. The molecular weight excluding hydrogens is 201 g/mol. The molecule has 2 rings (SSSR count). The number of rotatable bonds is 2. The van der Waals surface area contributed by atoms with Crippen LogP contribution in [-0.4, -0.2) is 20.3 Å². The number of halogens is 1. The van der Waals surface area contributed by atoms with Gasteiger partial charge in [0.05, 0.1) is 12.7 Å². The Kier molecular flexibility index (Phi) is 2.64. The second-order valence-corrected chi connectivity index (χ2v) is 3.10. The molecule has 0 amide bonds. The molecule has 0 aromatic heterocycles. The zero-order valence-corrected chi connectivity index (χ0v) is 8.38. The molecule has 1 aliphatic heterocycles. The summed E-state index contributed by atoms with van der Waals surface area (Å²) in [6.45, 7) is 0.909. The van der Waals surface area contributed by atoms with E-state index in [2.05, 4.69) is 0 Å². The molecule has 0 unspecified atom stereocenters. The number of fused-ring (bicyclic) bond motifs is 1. The third-order valence-corrected chi connectivity index (χ3v) is 2.25. The first kappa shape index (κ1) is 10.0. The smallest absolute Gasteiger partial charge is 0.173 e. The number of nitrogens with two attached hydrogens (primary N) is 1. The highest BCUT2D eigenvalue weighted by atomic mass is 19.1. The molecule has 4 nitrogen and oxygen atoms in total. The van der Waals surface area contributed by atoms with E-state index in [1.807, 2.05) is 0 Å². The number of ether oxygens (including phenoxy) is 3. The summed E-state index contributed by atoms with van der Waals surface area (Å²) in [4.78, 5) is 0. The van der Waals surface area contributed by atoms with Crippen molar-refractivity contribution in [3.63, 3.8) is 0 Å². The van der Waals surface area contributed by atoms with Gasteiger partial charge in [0.25, 0.3) is 0 Å². The minimum absolute atomic E-state index is 0.0503. The van der Waals surface area contributed by atoms with E-state index in [-0.39, 0.29) is 12.3 Å². The van der Waals surface area contributed by atoms with Gasteiger partial charge in [0.2, 0.25) is 0 Å². The van der Waals surface area contributed by atoms with E-state index >= 15 is 0 Å². The predicted octanol–water partition coefficient (Wildman–Crippen LogP) is 1.06. The minimum atomic E-state index is -0.482. The summed E-state index contributed by atoms with van der Waals surface area (Å²) in [5.74, 6) is 0.519. The van der Waals surface area contributed by atoms with Crippen molar-refractivity contribution in [3.05, 3.63) is 17.4 Å². The molecule has 0 bridgehead atoms. The van der Waals surface area contributed by atoms with Gasteiger partial charge in [-0.3, -0.25) is 0 Å². The molecule has 1 aromatic carbocycles. The van der Waals surface area contributed by atoms with Gasteiger partial charge in [-0.15, -0.1) is 0 Å². The summed E-state index contributed by atoms with van der Waals surface area (Å²) in [5.41, 5.74) is 5.76. The van der Waals surface area contributed by atoms with Gasteiger partial charge in [0.15, 0.2) is 23.1 Å². The van der Waals surface area contributed by atoms with Crippen LogP contribution in [0, 0.1) is 5.82 Å². The molecular formula is C10H12FNO3. The van der Waals surface area contributed by atoms with Crippen molar-refractivity contribution < 1.29 is 18.6 Å². The first-order valence-corrected chi connectivity index (χ1v) is 4.63. The molecule has 0 saturated carbocycles. The Hall–Kier alpha value is -1.49. The first-order valence-electron chi connectivity index (χ1n) is 4.63. The molecule has 2 N–H and O–H groups in total. The molecule has 0 radical (unpaired) electrons. The third-order valence-electron chi connectivity index (χ3n) is 2.25. The molecule has 0 atom stereocenters. The summed E-state index contributed by atoms with van der Waals surface area (Å²) >= 11 is 0. The summed E-state index contributed by atoms with van der Waals surface area (Å²) in [5, 5.41) is 0. The van der Waals surface area contributed by atoms with Gasteiger partial charge in [-0.05, 0) is 0 Å². The Morgan fingerprint density at radius 3 is 2.87 bits per heavy atom. The molecule has 15 heavy (non-hydrogen) atoms. The largest absolute Gasteiger partial charge is 0.494 e. The van der Waals surface area contributed by atoms with Crippen molar-refractivity contribution in [1.29, 1.82) is 0 Å². The van der Waals surface area contributed by atoms with Gasteiger partial charge in [0, 0.05) is 12.6 Å². The van der Waals surface area contributed by atoms with E-state index in [9.17, 15) is 4.39 Å². The van der Waals surface area contributed by atoms with Crippen LogP contribution in [0.1, 0.15) is 5.56 Å². The maximum atomic E-state index is 13.7. The van der Waals surface area contributed by atoms with Gasteiger partial charge in [-0.1, -0.05) is 0 Å². The van der Waals surface area contributed by atoms with E-state index in [0.29, 0.717) is 30.3 Å². The van der Waals surface area contributed by atoms with Crippen LogP contribution in [0.3, 0.4) is 0 Å². The van der Waals surface area contributed by atoms with Crippen LogP contribution in [0.25, 0.3) is 0 Å². The van der Waals surface area contributed by atoms with Gasteiger partial charge in [-0.2, -0.15) is 0 Å². The highest BCUT2D eigenvalue weighted by molar-refractivity contribution is 5.53. The minimum Gasteiger partial charge on any atom is -0.494 e. The number of hydrogen-bond acceptors (Lipinski definition) is 4. The lowest BCUT2D eigenvalue weighted by Gasteiger charge is -2.22. The maximum absolute atomic E-state index is 13.7. The highest BCUT2D eigenvalue weighted by Gasteiger charge is 2.22. The molecule has 0 aliphatic carbocycles. The summed E-state index contributed by atoms with van der Waals surface area (Å²) in [7, 11) is 1.40. The molecule has 1 aliphatic rings. The zero-order valence-electron chi connectivity index (χ0n) is 8.38. The van der Waals surface area contributed by atoms with Crippen LogP contribution in [0.2, 0.25) is 0 Å². The van der Waals surface area contributed by atoms with Crippen molar-refractivity contribution in [1.82, 2.24) is 0 Å². The number of benzene rings is 1. The molecule has 5 heteroatoms. The lowest BCUT2D eigenvalue weighted by Crippen LogP contribution is -2.18. The van der Waals surface area contributed by atoms with Gasteiger partial charge < -0.3 is 19.9 Å². The van der Waals surface area contributed by atoms with E-state index in [0.717, 1.165) is 0 Å². The Morgan fingerprint density at radius 2 is 2.20 bits per heavy atom. The Bertz CT molecular complexity index is 381. The van der Waals surface area contributed by atoms with Crippen molar-refractivity contribution in [2.45, 2.75) is 6.54 Å². The first-order chi connectivity index (χ1) is 7.27. The van der Waals surface area contributed by atoms with Crippen LogP contribution in [0.5, 0.6) is 17.2 Å². The quantitative estimate of drug-likeness (QED) is 0.798. The van der Waals surface area contributed by atoms with Gasteiger partial charge >= 0.3 is 0 Å². The maximum Gasteiger partial charge on any atom is 0.173 e. The van der Waals surface area contributed by atoms with E-state index in [4.69, 9.17) is 19.9 Å². The lowest BCUT2D eigenvalue weighted by atomic mass is 10.1. The van der Waals surface area contributed by atoms with Crippen molar-refractivity contribution >= 4 is 0 Å². The molecule has 0 fully saturated rings. The van der Waals surface area contributed by atoms with Crippen molar-refractivity contribution in [2.24, 2.45) is 5.73 Å². The Balaban J connectivity index is 2.58. The fourth-order valence-corrected chi connectivity index (χ4v) is 1.54. The number of methoxy groups -OCH3 is 1. The van der Waals surface area contributed by atoms with E-state index in [1.165, 1.54) is 13.2 Å². The van der Waals surface area contributed by atoms with Crippen molar-refractivity contribution in [3.8, 4) is 17.2 Å². The average molecular weight is 213 g/mol. The van der Waals surface area contributed by atoms with E-state index < -0.39 is 5.82 Å². The van der Waals surface area contributed by atoms with Crippen LogP contribution >= 0.6 is 0 Å². The topological polar surface area (TPSA) is 53.7 Å². The molecule has 0 saturated heterocycles. The summed E-state index contributed by atoms with van der Waals surface area (Å²) in [6.07, 6.45) is 0. The second kappa shape index (κ2) is 3.94. The predicted molar refractivity (Wildman–Crippen MR) is 51.8 cm³/mol. The molecule has 1 aromatic rings. The summed E-state index contributed by atoms with van der Waals surface area (Å²) in [6, 6.07) is 1.48. The van der Waals surface area contributed by atoms with Gasteiger partial charge in [0.1, 0.15) is 13.2 Å².